The maximum Gasteiger partial charge on any atom is 0.160 e. The number of aromatic nitrogens is 3. The normalized spacial score (nSPS) is 12.7. The number of nitrogens with zero attached hydrogens (tertiary/aromatic N) is 4. The zero-order chi connectivity index (χ0) is 40.4. The fourth-order valence-electron chi connectivity index (χ4n) is 9.33. The molecule has 0 atom stereocenters. The van der Waals surface area contributed by atoms with Gasteiger partial charge >= 0.3 is 0 Å². The summed E-state index contributed by atoms with van der Waals surface area (Å²) in [6, 6.07) is 71.8. The Balaban J connectivity index is 1.16. The van der Waals surface area contributed by atoms with E-state index in [1.807, 2.05) is 24.3 Å². The molecule has 1 aliphatic carbocycles. The van der Waals surface area contributed by atoms with Crippen molar-refractivity contribution in [1.82, 2.24) is 14.5 Å². The smallest absolute Gasteiger partial charge is 0.160 e. The molecule has 11 rings (SSSR count). The quantitative estimate of drug-likeness (QED) is 0.162. The lowest BCUT2D eigenvalue weighted by molar-refractivity contribution is 0.661. The predicted octanol–water partition coefficient (Wildman–Crippen LogP) is 14.7. The van der Waals surface area contributed by atoms with Crippen LogP contribution in [0.15, 0.2) is 200 Å². The molecule has 10 aromatic rings. The molecule has 0 saturated heterocycles. The van der Waals surface area contributed by atoms with E-state index in [2.05, 4.69) is 206 Å². The molecule has 4 nitrogen and oxygen atoms in total. The molecule has 0 amide bonds. The zero-order valence-corrected chi connectivity index (χ0v) is 33.8. The number of para-hydroxylation sites is 2. The summed E-state index contributed by atoms with van der Waals surface area (Å²) in [5.74, 6) is 0.707. The third-order valence-electron chi connectivity index (χ3n) is 12.2. The van der Waals surface area contributed by atoms with Crippen LogP contribution in [-0.2, 0) is 5.41 Å². The van der Waals surface area contributed by atoms with Crippen LogP contribution < -0.4 is 4.90 Å². The molecule has 0 N–H and O–H groups in total. The van der Waals surface area contributed by atoms with Crippen LogP contribution in [0.25, 0.3) is 72.5 Å². The Morgan fingerprint density at radius 2 is 1.02 bits per heavy atom. The molecule has 286 valence electrons. The van der Waals surface area contributed by atoms with E-state index in [-0.39, 0.29) is 5.41 Å². The summed E-state index contributed by atoms with van der Waals surface area (Å²) in [5, 5.41) is 2.43. The summed E-state index contributed by atoms with van der Waals surface area (Å²) in [6.07, 6.45) is 0. The maximum atomic E-state index is 5.24. The number of benzene rings is 8. The molecule has 2 aromatic heterocycles. The molecule has 0 radical (unpaired) electrons. The lowest BCUT2D eigenvalue weighted by atomic mass is 9.82. The third-order valence-corrected chi connectivity index (χ3v) is 12.2. The molecule has 60 heavy (non-hydrogen) atoms. The second kappa shape index (κ2) is 14.1. The molecule has 4 heteroatoms. The summed E-state index contributed by atoms with van der Waals surface area (Å²) in [5.41, 5.74) is 18.0. The van der Waals surface area contributed by atoms with Crippen molar-refractivity contribution in [1.29, 1.82) is 0 Å². The SMILES string of the molecule is Cc1cc(-c2cc(-c3ccccc3)nc(-c3ccccc3)n2)cc(-n2c3ccc(N(c4ccccc4)c4ccccc4)cc3c3cc4c(cc32)C(C)(C)c2ccccc2-4)c1. The van der Waals surface area contributed by atoms with E-state index in [1.165, 1.54) is 38.5 Å². The van der Waals surface area contributed by atoms with Crippen LogP contribution in [0.4, 0.5) is 17.1 Å². The summed E-state index contributed by atoms with van der Waals surface area (Å²) < 4.78 is 2.47. The van der Waals surface area contributed by atoms with Gasteiger partial charge in [0.2, 0.25) is 0 Å². The lowest BCUT2D eigenvalue weighted by Gasteiger charge is -2.25. The molecular formula is C56H42N4. The van der Waals surface area contributed by atoms with E-state index in [0.29, 0.717) is 5.82 Å². The summed E-state index contributed by atoms with van der Waals surface area (Å²) in [6.45, 7) is 6.91. The Morgan fingerprint density at radius 1 is 0.433 bits per heavy atom. The van der Waals surface area contributed by atoms with Gasteiger partial charge in [0.05, 0.1) is 22.4 Å². The van der Waals surface area contributed by atoms with Gasteiger partial charge in [0, 0.05) is 55.6 Å². The minimum Gasteiger partial charge on any atom is -0.310 e. The van der Waals surface area contributed by atoms with Crippen LogP contribution in [0.1, 0.15) is 30.5 Å². The number of anilines is 3. The minimum absolute atomic E-state index is 0.148. The van der Waals surface area contributed by atoms with Gasteiger partial charge in [0.25, 0.3) is 0 Å². The first-order valence-electron chi connectivity index (χ1n) is 20.7. The standard InChI is InChI=1S/C56H42N4/c1-37-30-40(52-36-51(38-18-8-4-9-19-38)57-55(58-52)39-20-10-5-11-21-39)32-44(31-37)60-53-29-28-43(59(41-22-12-6-13-23-41)42-24-14-7-15-25-42)33-47(53)48-34-46-45-26-16-17-27-49(45)56(2,3)50(46)35-54(48)60/h4-36H,1-3H3. The van der Waals surface area contributed by atoms with Crippen LogP contribution in [0.5, 0.6) is 0 Å². The average Bonchev–Trinajstić information content (AvgIpc) is 3.73. The average molecular weight is 771 g/mol. The van der Waals surface area contributed by atoms with Gasteiger partial charge in [-0.05, 0) is 114 Å². The third kappa shape index (κ3) is 5.91. The van der Waals surface area contributed by atoms with E-state index < -0.39 is 0 Å². The van der Waals surface area contributed by atoms with Crippen LogP contribution in [-0.4, -0.2) is 14.5 Å². The van der Waals surface area contributed by atoms with Crippen molar-refractivity contribution in [3.8, 4) is 50.7 Å². The molecule has 0 aliphatic heterocycles. The summed E-state index contributed by atoms with van der Waals surface area (Å²) in [7, 11) is 0. The Hall–Kier alpha value is -7.56. The van der Waals surface area contributed by atoms with E-state index in [4.69, 9.17) is 9.97 Å². The molecule has 0 spiro atoms. The molecule has 0 bridgehead atoms. The summed E-state index contributed by atoms with van der Waals surface area (Å²) in [4.78, 5) is 12.7. The fraction of sp³-hybridized carbons (Fsp3) is 0.0714. The van der Waals surface area contributed by atoms with Crippen molar-refractivity contribution >= 4 is 38.9 Å². The van der Waals surface area contributed by atoms with Crippen molar-refractivity contribution in [3.63, 3.8) is 0 Å². The lowest BCUT2D eigenvalue weighted by Crippen LogP contribution is -2.15. The van der Waals surface area contributed by atoms with Crippen LogP contribution >= 0.6 is 0 Å². The van der Waals surface area contributed by atoms with Crippen molar-refractivity contribution in [2.45, 2.75) is 26.2 Å². The van der Waals surface area contributed by atoms with Gasteiger partial charge in [-0.15, -0.1) is 0 Å². The topological polar surface area (TPSA) is 34.0 Å². The van der Waals surface area contributed by atoms with Gasteiger partial charge < -0.3 is 9.47 Å². The van der Waals surface area contributed by atoms with E-state index in [1.54, 1.807) is 0 Å². The largest absolute Gasteiger partial charge is 0.310 e. The van der Waals surface area contributed by atoms with Crippen molar-refractivity contribution in [2.75, 3.05) is 4.90 Å². The minimum atomic E-state index is -0.148. The van der Waals surface area contributed by atoms with Gasteiger partial charge in [-0.3, -0.25) is 0 Å². The van der Waals surface area contributed by atoms with Crippen LogP contribution in [0.3, 0.4) is 0 Å². The Bertz CT molecular complexity index is 3130. The predicted molar refractivity (Wildman–Crippen MR) is 250 cm³/mol. The van der Waals surface area contributed by atoms with Crippen molar-refractivity contribution < 1.29 is 0 Å². The second-order valence-electron chi connectivity index (χ2n) is 16.4. The molecule has 0 unspecified atom stereocenters. The maximum absolute atomic E-state index is 5.24. The van der Waals surface area contributed by atoms with E-state index in [9.17, 15) is 0 Å². The van der Waals surface area contributed by atoms with Gasteiger partial charge in [-0.1, -0.05) is 135 Å². The van der Waals surface area contributed by atoms with Gasteiger partial charge in [0.15, 0.2) is 5.82 Å². The number of hydrogen-bond donors (Lipinski definition) is 0. The fourth-order valence-corrected chi connectivity index (χ4v) is 9.33. The van der Waals surface area contributed by atoms with Gasteiger partial charge in [-0.25, -0.2) is 9.97 Å². The molecule has 8 aromatic carbocycles. The van der Waals surface area contributed by atoms with Crippen LogP contribution in [0.2, 0.25) is 0 Å². The zero-order valence-electron chi connectivity index (χ0n) is 33.8. The first-order chi connectivity index (χ1) is 29.4. The highest BCUT2D eigenvalue weighted by molar-refractivity contribution is 6.13. The van der Waals surface area contributed by atoms with Gasteiger partial charge in [0.1, 0.15) is 0 Å². The first kappa shape index (κ1) is 35.6. The summed E-state index contributed by atoms with van der Waals surface area (Å²) >= 11 is 0. The highest BCUT2D eigenvalue weighted by atomic mass is 15.1. The molecule has 0 fully saturated rings. The van der Waals surface area contributed by atoms with E-state index in [0.717, 1.165) is 61.9 Å². The van der Waals surface area contributed by atoms with Crippen molar-refractivity contribution in [3.05, 3.63) is 217 Å². The first-order valence-corrected chi connectivity index (χ1v) is 20.7. The number of aryl methyl sites for hydroxylation is 1. The van der Waals surface area contributed by atoms with E-state index >= 15 is 0 Å². The highest BCUT2D eigenvalue weighted by Crippen LogP contribution is 2.51. The number of fused-ring (bicyclic) bond motifs is 6. The Kier molecular flexibility index (Phi) is 8.35. The van der Waals surface area contributed by atoms with Crippen molar-refractivity contribution in [2.24, 2.45) is 0 Å². The second-order valence-corrected chi connectivity index (χ2v) is 16.4. The number of rotatable bonds is 7. The molecule has 1 aliphatic rings. The molecule has 0 saturated carbocycles. The number of hydrogen-bond acceptors (Lipinski definition) is 3. The Labute approximate surface area is 350 Å². The Morgan fingerprint density at radius 3 is 1.70 bits per heavy atom. The highest BCUT2D eigenvalue weighted by Gasteiger charge is 2.36. The molecular weight excluding hydrogens is 729 g/mol. The monoisotopic (exact) mass is 770 g/mol. The van der Waals surface area contributed by atoms with Crippen LogP contribution in [0, 0.1) is 6.92 Å². The molecule has 2 heterocycles. The van der Waals surface area contributed by atoms with Gasteiger partial charge in [-0.2, -0.15) is 0 Å².